The van der Waals surface area contributed by atoms with Crippen molar-refractivity contribution in [3.8, 4) is 0 Å². The summed E-state index contributed by atoms with van der Waals surface area (Å²) in [6.45, 7) is 3.45. The smallest absolute Gasteiger partial charge is 0.227 e. The van der Waals surface area contributed by atoms with E-state index in [0.717, 1.165) is 29.1 Å². The van der Waals surface area contributed by atoms with Gasteiger partial charge in [-0.3, -0.25) is 4.79 Å². The van der Waals surface area contributed by atoms with Crippen molar-refractivity contribution in [1.82, 2.24) is 15.3 Å². The lowest BCUT2D eigenvalue weighted by molar-refractivity contribution is -0.128. The van der Waals surface area contributed by atoms with Gasteiger partial charge in [0.25, 0.3) is 0 Å². The van der Waals surface area contributed by atoms with Crippen LogP contribution in [-0.4, -0.2) is 43.1 Å². The van der Waals surface area contributed by atoms with Gasteiger partial charge in [-0.15, -0.1) is 0 Å². The highest BCUT2D eigenvalue weighted by Crippen LogP contribution is 2.37. The fraction of sp³-hybridized carbons (Fsp3) is 0.583. The molecule has 1 atom stereocenters. The summed E-state index contributed by atoms with van der Waals surface area (Å²) in [5, 5.41) is 5.74. The van der Waals surface area contributed by atoms with Crippen LogP contribution in [-0.2, 0) is 4.79 Å². The van der Waals surface area contributed by atoms with Gasteiger partial charge in [0, 0.05) is 27.2 Å². The lowest BCUT2D eigenvalue weighted by Crippen LogP contribution is -2.39. The molecule has 1 saturated heterocycles. The standard InChI is InChI=1S/C12H18BrN5O/c1-12(11(19)15-3)4-5-18(6-12)10-8(13)9(14-2)16-7-17-10/h7H,4-6H2,1-3H3,(H,15,19)(H,14,16,17). The minimum Gasteiger partial charge on any atom is -0.372 e. The molecular formula is C12H18BrN5O. The number of carbonyl (C=O) groups excluding carboxylic acids is 1. The normalized spacial score (nSPS) is 22.4. The number of hydrogen-bond acceptors (Lipinski definition) is 5. The van der Waals surface area contributed by atoms with Crippen molar-refractivity contribution < 1.29 is 4.79 Å². The molecule has 0 aromatic carbocycles. The zero-order valence-corrected chi connectivity index (χ0v) is 12.9. The maximum Gasteiger partial charge on any atom is 0.227 e. The summed E-state index contributed by atoms with van der Waals surface area (Å²) >= 11 is 3.51. The van der Waals surface area contributed by atoms with Gasteiger partial charge in [0.15, 0.2) is 0 Å². The van der Waals surface area contributed by atoms with Crippen LogP contribution >= 0.6 is 15.9 Å². The second-order valence-electron chi connectivity index (χ2n) is 4.92. The molecule has 19 heavy (non-hydrogen) atoms. The average Bonchev–Trinajstić information content (AvgIpc) is 2.82. The molecule has 0 radical (unpaired) electrons. The van der Waals surface area contributed by atoms with E-state index in [1.54, 1.807) is 7.05 Å². The number of anilines is 2. The summed E-state index contributed by atoms with van der Waals surface area (Å²) < 4.78 is 0.832. The van der Waals surface area contributed by atoms with Crippen LogP contribution < -0.4 is 15.5 Å². The fourth-order valence-corrected chi connectivity index (χ4v) is 3.04. The first-order chi connectivity index (χ1) is 9.01. The Balaban J connectivity index is 2.24. The van der Waals surface area contributed by atoms with Crippen LogP contribution in [0.4, 0.5) is 11.6 Å². The molecule has 2 heterocycles. The third-order valence-corrected chi connectivity index (χ3v) is 4.29. The monoisotopic (exact) mass is 327 g/mol. The van der Waals surface area contributed by atoms with E-state index in [0.29, 0.717) is 6.54 Å². The predicted octanol–water partition coefficient (Wildman–Crippen LogP) is 1.24. The molecule has 0 spiro atoms. The molecule has 6 nitrogen and oxygen atoms in total. The van der Waals surface area contributed by atoms with E-state index in [4.69, 9.17) is 0 Å². The molecule has 1 aromatic rings. The lowest BCUT2D eigenvalue weighted by Gasteiger charge is -2.24. The molecule has 1 aliphatic heterocycles. The number of halogens is 1. The maximum absolute atomic E-state index is 11.9. The highest BCUT2D eigenvalue weighted by molar-refractivity contribution is 9.10. The number of aromatic nitrogens is 2. The summed E-state index contributed by atoms with van der Waals surface area (Å²) in [5.74, 6) is 1.65. The van der Waals surface area contributed by atoms with Crippen LogP contribution in [0.5, 0.6) is 0 Å². The highest BCUT2D eigenvalue weighted by atomic mass is 79.9. The molecular weight excluding hydrogens is 310 g/mol. The molecule has 1 aromatic heterocycles. The number of rotatable bonds is 3. The largest absolute Gasteiger partial charge is 0.372 e. The lowest BCUT2D eigenvalue weighted by atomic mass is 9.89. The summed E-state index contributed by atoms with van der Waals surface area (Å²) in [7, 11) is 3.49. The molecule has 1 amide bonds. The Kier molecular flexibility index (Phi) is 3.93. The minimum absolute atomic E-state index is 0.0778. The van der Waals surface area contributed by atoms with Crippen molar-refractivity contribution in [1.29, 1.82) is 0 Å². The van der Waals surface area contributed by atoms with E-state index < -0.39 is 0 Å². The quantitative estimate of drug-likeness (QED) is 0.874. The number of carbonyl (C=O) groups is 1. The second-order valence-corrected chi connectivity index (χ2v) is 5.71. The van der Waals surface area contributed by atoms with Crippen LogP contribution in [0, 0.1) is 5.41 Å². The van der Waals surface area contributed by atoms with Crippen LogP contribution in [0.1, 0.15) is 13.3 Å². The Morgan fingerprint density at radius 2 is 2.21 bits per heavy atom. The predicted molar refractivity (Wildman–Crippen MR) is 78.3 cm³/mol. The van der Waals surface area contributed by atoms with Gasteiger partial charge in [-0.1, -0.05) is 0 Å². The molecule has 1 unspecified atom stereocenters. The van der Waals surface area contributed by atoms with E-state index in [-0.39, 0.29) is 11.3 Å². The number of amides is 1. The average molecular weight is 328 g/mol. The van der Waals surface area contributed by atoms with Gasteiger partial charge in [0.1, 0.15) is 22.4 Å². The van der Waals surface area contributed by atoms with Gasteiger partial charge >= 0.3 is 0 Å². The Hall–Kier alpha value is -1.37. The molecule has 1 fully saturated rings. The van der Waals surface area contributed by atoms with E-state index in [9.17, 15) is 4.79 Å². The van der Waals surface area contributed by atoms with Crippen molar-refractivity contribution >= 4 is 33.5 Å². The molecule has 2 rings (SSSR count). The van der Waals surface area contributed by atoms with Crippen LogP contribution in [0.3, 0.4) is 0 Å². The molecule has 104 valence electrons. The second kappa shape index (κ2) is 5.32. The Morgan fingerprint density at radius 3 is 2.84 bits per heavy atom. The van der Waals surface area contributed by atoms with Gasteiger partial charge in [-0.2, -0.15) is 0 Å². The van der Waals surface area contributed by atoms with Gasteiger partial charge in [-0.05, 0) is 29.3 Å². The van der Waals surface area contributed by atoms with E-state index in [1.807, 2.05) is 14.0 Å². The Labute approximate surface area is 121 Å². The highest BCUT2D eigenvalue weighted by Gasteiger charge is 2.40. The van der Waals surface area contributed by atoms with Crippen LogP contribution in [0.25, 0.3) is 0 Å². The van der Waals surface area contributed by atoms with Gasteiger partial charge in [0.2, 0.25) is 5.91 Å². The maximum atomic E-state index is 11.9. The van der Waals surface area contributed by atoms with Crippen molar-refractivity contribution in [3.05, 3.63) is 10.8 Å². The number of nitrogens with zero attached hydrogens (tertiary/aromatic N) is 3. The third kappa shape index (κ3) is 2.51. The molecule has 0 saturated carbocycles. The summed E-state index contributed by atoms with van der Waals surface area (Å²) in [5.41, 5.74) is -0.362. The van der Waals surface area contributed by atoms with Crippen molar-refractivity contribution in [2.45, 2.75) is 13.3 Å². The first kappa shape index (κ1) is 14.0. The van der Waals surface area contributed by atoms with E-state index >= 15 is 0 Å². The summed E-state index contributed by atoms with van der Waals surface area (Å²) in [4.78, 5) is 22.5. The van der Waals surface area contributed by atoms with Gasteiger partial charge in [0.05, 0.1) is 5.41 Å². The van der Waals surface area contributed by atoms with Crippen LogP contribution in [0.15, 0.2) is 10.8 Å². The molecule has 7 heteroatoms. The Bertz CT molecular complexity index is 495. The first-order valence-electron chi connectivity index (χ1n) is 6.17. The number of nitrogens with one attached hydrogen (secondary N) is 2. The zero-order valence-electron chi connectivity index (χ0n) is 11.3. The van der Waals surface area contributed by atoms with Crippen LogP contribution in [0.2, 0.25) is 0 Å². The van der Waals surface area contributed by atoms with E-state index in [1.165, 1.54) is 6.33 Å². The molecule has 1 aliphatic rings. The fourth-order valence-electron chi connectivity index (χ4n) is 2.38. The Morgan fingerprint density at radius 1 is 1.47 bits per heavy atom. The molecule has 2 N–H and O–H groups in total. The summed E-state index contributed by atoms with van der Waals surface area (Å²) in [6, 6.07) is 0. The number of hydrogen-bond donors (Lipinski definition) is 2. The van der Waals surface area contributed by atoms with Crippen molar-refractivity contribution in [2.75, 3.05) is 37.4 Å². The SMILES string of the molecule is CNC(=O)C1(C)CCN(c2ncnc(NC)c2Br)C1. The van der Waals surface area contributed by atoms with Crippen molar-refractivity contribution in [3.63, 3.8) is 0 Å². The van der Waals surface area contributed by atoms with Gasteiger partial charge in [-0.25, -0.2) is 9.97 Å². The molecule has 0 bridgehead atoms. The first-order valence-corrected chi connectivity index (χ1v) is 6.96. The topological polar surface area (TPSA) is 70.2 Å². The van der Waals surface area contributed by atoms with Crippen molar-refractivity contribution in [2.24, 2.45) is 5.41 Å². The third-order valence-electron chi connectivity index (χ3n) is 3.56. The van der Waals surface area contributed by atoms with Gasteiger partial charge < -0.3 is 15.5 Å². The molecule has 0 aliphatic carbocycles. The zero-order chi connectivity index (χ0) is 14.0. The van der Waals surface area contributed by atoms with E-state index in [2.05, 4.69) is 41.4 Å². The minimum atomic E-state index is -0.362. The summed E-state index contributed by atoms with van der Waals surface area (Å²) in [6.07, 6.45) is 2.35.